The number of nitrogens with two attached hydrogens (primary N) is 1. The van der Waals surface area contributed by atoms with Crippen molar-refractivity contribution in [2.24, 2.45) is 0 Å². The van der Waals surface area contributed by atoms with Gasteiger partial charge in [-0.05, 0) is 36.6 Å². The molecule has 2 N–H and O–H groups in total. The first-order valence-electron chi connectivity index (χ1n) is 7.00. The molecule has 0 radical (unpaired) electrons. The normalized spacial score (nSPS) is 13.6. The summed E-state index contributed by atoms with van der Waals surface area (Å²) in [6.07, 6.45) is 2.06. The van der Waals surface area contributed by atoms with Gasteiger partial charge < -0.3 is 10.6 Å². The molecule has 2 aromatic rings. The molecule has 0 saturated carbocycles. The first-order valence-corrected chi connectivity index (χ1v) is 7.00. The van der Waals surface area contributed by atoms with Crippen molar-refractivity contribution in [3.63, 3.8) is 0 Å². The fourth-order valence-electron chi connectivity index (χ4n) is 2.83. The number of hydrogen-bond acceptors (Lipinski definition) is 3. The van der Waals surface area contributed by atoms with Crippen molar-refractivity contribution in [2.75, 3.05) is 17.2 Å². The SMILES string of the molecule is N#Cc1cccc(CN2CCCc3ccc(N)cc32)c1F. The van der Waals surface area contributed by atoms with E-state index in [1.54, 1.807) is 12.1 Å². The minimum atomic E-state index is -0.420. The molecule has 0 aromatic heterocycles. The summed E-state index contributed by atoms with van der Waals surface area (Å²) in [5.41, 5.74) is 9.54. The summed E-state index contributed by atoms with van der Waals surface area (Å²) >= 11 is 0. The summed E-state index contributed by atoms with van der Waals surface area (Å²) in [4.78, 5) is 2.13. The Morgan fingerprint density at radius 2 is 2.14 bits per heavy atom. The molecule has 106 valence electrons. The molecule has 0 saturated heterocycles. The minimum Gasteiger partial charge on any atom is -0.399 e. The lowest BCUT2D eigenvalue weighted by Crippen LogP contribution is -2.29. The molecule has 0 atom stereocenters. The maximum Gasteiger partial charge on any atom is 0.145 e. The summed E-state index contributed by atoms with van der Waals surface area (Å²) in [6, 6.07) is 12.7. The Kier molecular flexibility index (Phi) is 3.49. The summed E-state index contributed by atoms with van der Waals surface area (Å²) < 4.78 is 14.2. The van der Waals surface area contributed by atoms with Crippen LogP contribution in [-0.4, -0.2) is 6.54 Å². The first-order chi connectivity index (χ1) is 10.2. The zero-order chi connectivity index (χ0) is 14.8. The monoisotopic (exact) mass is 281 g/mol. The van der Waals surface area contributed by atoms with Crippen molar-refractivity contribution in [1.82, 2.24) is 0 Å². The van der Waals surface area contributed by atoms with Crippen LogP contribution in [0, 0.1) is 17.1 Å². The maximum atomic E-state index is 14.2. The molecule has 0 unspecified atom stereocenters. The number of nitrogen functional groups attached to an aromatic ring is 1. The van der Waals surface area contributed by atoms with E-state index in [0.717, 1.165) is 25.1 Å². The van der Waals surface area contributed by atoms with E-state index in [-0.39, 0.29) is 5.56 Å². The van der Waals surface area contributed by atoms with Crippen LogP contribution >= 0.6 is 0 Å². The highest BCUT2D eigenvalue weighted by molar-refractivity contribution is 5.62. The molecule has 1 aliphatic heterocycles. The van der Waals surface area contributed by atoms with Crippen LogP contribution in [0.3, 0.4) is 0 Å². The van der Waals surface area contributed by atoms with E-state index in [1.807, 2.05) is 24.3 Å². The number of halogens is 1. The van der Waals surface area contributed by atoms with Gasteiger partial charge in [0.25, 0.3) is 0 Å². The van der Waals surface area contributed by atoms with E-state index in [4.69, 9.17) is 11.0 Å². The largest absolute Gasteiger partial charge is 0.399 e. The van der Waals surface area contributed by atoms with Crippen LogP contribution in [0.15, 0.2) is 36.4 Å². The number of benzene rings is 2. The van der Waals surface area contributed by atoms with Crippen LogP contribution in [0.2, 0.25) is 0 Å². The van der Waals surface area contributed by atoms with Gasteiger partial charge in [-0.15, -0.1) is 0 Å². The fraction of sp³-hybridized carbons (Fsp3) is 0.235. The molecule has 0 fully saturated rings. The van der Waals surface area contributed by atoms with Gasteiger partial charge in [0.15, 0.2) is 0 Å². The van der Waals surface area contributed by atoms with E-state index in [1.165, 1.54) is 11.6 Å². The van der Waals surface area contributed by atoms with Gasteiger partial charge in [0.1, 0.15) is 11.9 Å². The van der Waals surface area contributed by atoms with Gasteiger partial charge in [0.2, 0.25) is 0 Å². The summed E-state index contributed by atoms with van der Waals surface area (Å²) in [6.45, 7) is 1.32. The predicted molar refractivity (Wildman–Crippen MR) is 81.3 cm³/mol. The van der Waals surface area contributed by atoms with Gasteiger partial charge in [-0.3, -0.25) is 0 Å². The second-order valence-electron chi connectivity index (χ2n) is 5.30. The molecule has 3 rings (SSSR count). The summed E-state index contributed by atoms with van der Waals surface area (Å²) in [5.74, 6) is -0.420. The van der Waals surface area contributed by atoms with E-state index < -0.39 is 5.82 Å². The van der Waals surface area contributed by atoms with E-state index in [0.29, 0.717) is 17.8 Å². The Bertz CT molecular complexity index is 718. The van der Waals surface area contributed by atoms with Crippen LogP contribution < -0.4 is 10.6 Å². The molecule has 0 bridgehead atoms. The van der Waals surface area contributed by atoms with E-state index in [9.17, 15) is 4.39 Å². The van der Waals surface area contributed by atoms with E-state index in [2.05, 4.69) is 4.90 Å². The van der Waals surface area contributed by atoms with Crippen LogP contribution in [0.1, 0.15) is 23.1 Å². The highest BCUT2D eigenvalue weighted by atomic mass is 19.1. The van der Waals surface area contributed by atoms with Crippen LogP contribution in [-0.2, 0) is 13.0 Å². The zero-order valence-electron chi connectivity index (χ0n) is 11.6. The molecular weight excluding hydrogens is 265 g/mol. The Labute approximate surface area is 123 Å². The van der Waals surface area contributed by atoms with Crippen LogP contribution in [0.25, 0.3) is 0 Å². The number of nitriles is 1. The third kappa shape index (κ3) is 2.55. The van der Waals surface area contributed by atoms with Crippen molar-refractivity contribution >= 4 is 11.4 Å². The van der Waals surface area contributed by atoms with Crippen molar-refractivity contribution in [3.05, 3.63) is 58.9 Å². The maximum absolute atomic E-state index is 14.2. The first kappa shape index (κ1) is 13.4. The Hall–Kier alpha value is -2.54. The Morgan fingerprint density at radius 3 is 2.95 bits per heavy atom. The minimum absolute atomic E-state index is 0.0947. The lowest BCUT2D eigenvalue weighted by atomic mass is 10.00. The number of anilines is 2. The average Bonchev–Trinajstić information content (AvgIpc) is 2.50. The fourth-order valence-corrected chi connectivity index (χ4v) is 2.83. The third-order valence-corrected chi connectivity index (χ3v) is 3.88. The average molecular weight is 281 g/mol. The molecular formula is C17H16FN3. The van der Waals surface area contributed by atoms with Crippen LogP contribution in [0.4, 0.5) is 15.8 Å². The molecule has 0 aliphatic carbocycles. The van der Waals surface area contributed by atoms with E-state index >= 15 is 0 Å². The second-order valence-corrected chi connectivity index (χ2v) is 5.30. The zero-order valence-corrected chi connectivity index (χ0v) is 11.6. The van der Waals surface area contributed by atoms with Gasteiger partial charge >= 0.3 is 0 Å². The Morgan fingerprint density at radius 1 is 1.29 bits per heavy atom. The molecule has 2 aromatic carbocycles. The lowest BCUT2D eigenvalue weighted by molar-refractivity contribution is 0.594. The molecule has 1 heterocycles. The highest BCUT2D eigenvalue weighted by Crippen LogP contribution is 2.30. The molecule has 4 heteroatoms. The molecule has 1 aliphatic rings. The van der Waals surface area contributed by atoms with Gasteiger partial charge in [-0.1, -0.05) is 18.2 Å². The van der Waals surface area contributed by atoms with Gasteiger partial charge in [-0.2, -0.15) is 5.26 Å². The third-order valence-electron chi connectivity index (χ3n) is 3.88. The number of aryl methyl sites for hydroxylation is 1. The number of fused-ring (bicyclic) bond motifs is 1. The summed E-state index contributed by atoms with van der Waals surface area (Å²) in [5, 5.41) is 8.92. The van der Waals surface area contributed by atoms with Crippen molar-refractivity contribution in [1.29, 1.82) is 5.26 Å². The molecule has 3 nitrogen and oxygen atoms in total. The standard InChI is InChI=1S/C17H16FN3/c18-17-13(10-19)3-1-4-14(17)11-21-8-2-5-12-6-7-15(20)9-16(12)21/h1,3-4,6-7,9H,2,5,8,11,20H2. The molecule has 21 heavy (non-hydrogen) atoms. The van der Waals surface area contributed by atoms with Crippen molar-refractivity contribution < 1.29 is 4.39 Å². The van der Waals surface area contributed by atoms with Gasteiger partial charge in [0, 0.05) is 30.0 Å². The predicted octanol–water partition coefficient (Wildman–Crippen LogP) is 3.23. The number of hydrogen-bond donors (Lipinski definition) is 1. The molecule has 0 spiro atoms. The quantitative estimate of drug-likeness (QED) is 0.860. The smallest absolute Gasteiger partial charge is 0.145 e. The number of rotatable bonds is 2. The van der Waals surface area contributed by atoms with Gasteiger partial charge in [0.05, 0.1) is 5.56 Å². The Balaban J connectivity index is 1.94. The summed E-state index contributed by atoms with van der Waals surface area (Å²) in [7, 11) is 0. The topological polar surface area (TPSA) is 53.0 Å². The van der Waals surface area contributed by atoms with Crippen molar-refractivity contribution in [3.8, 4) is 6.07 Å². The second kappa shape index (κ2) is 5.45. The lowest BCUT2D eigenvalue weighted by Gasteiger charge is -2.31. The highest BCUT2D eigenvalue weighted by Gasteiger charge is 2.19. The number of nitrogens with zero attached hydrogens (tertiary/aromatic N) is 2. The van der Waals surface area contributed by atoms with Gasteiger partial charge in [-0.25, -0.2) is 4.39 Å². The van der Waals surface area contributed by atoms with Crippen molar-refractivity contribution in [2.45, 2.75) is 19.4 Å². The molecule has 0 amide bonds. The van der Waals surface area contributed by atoms with Crippen LogP contribution in [0.5, 0.6) is 0 Å².